The Kier molecular flexibility index (Phi) is 6.41. The SMILES string of the molecule is OCCCCN1CCC(C(O)(c2ccccc2)c2ccc([18F])cc2)CC1. The van der Waals surface area contributed by atoms with E-state index in [2.05, 4.69) is 4.90 Å². The fourth-order valence-electron chi connectivity index (χ4n) is 4.06. The highest BCUT2D eigenvalue weighted by Gasteiger charge is 2.41. The largest absolute Gasteiger partial charge is 0.396 e. The molecule has 0 spiro atoms. The van der Waals surface area contributed by atoms with E-state index in [1.165, 1.54) is 12.1 Å². The third kappa shape index (κ3) is 4.14. The molecule has 0 saturated carbocycles. The van der Waals surface area contributed by atoms with Crippen LogP contribution in [0.5, 0.6) is 0 Å². The van der Waals surface area contributed by atoms with Crippen molar-refractivity contribution in [3.8, 4) is 0 Å². The van der Waals surface area contributed by atoms with Gasteiger partial charge in [-0.05, 0) is 74.5 Å². The molecule has 26 heavy (non-hydrogen) atoms. The summed E-state index contributed by atoms with van der Waals surface area (Å²) >= 11 is 0. The van der Waals surface area contributed by atoms with Crippen LogP contribution in [0.1, 0.15) is 36.8 Å². The van der Waals surface area contributed by atoms with Gasteiger partial charge in [0.05, 0.1) is 0 Å². The topological polar surface area (TPSA) is 43.7 Å². The number of piperidine rings is 1. The zero-order chi connectivity index (χ0) is 18.4. The van der Waals surface area contributed by atoms with Crippen LogP contribution in [0.25, 0.3) is 0 Å². The maximum Gasteiger partial charge on any atom is 0.123 e. The summed E-state index contributed by atoms with van der Waals surface area (Å²) in [7, 11) is 0. The summed E-state index contributed by atoms with van der Waals surface area (Å²) in [5.41, 5.74) is 0.515. The highest BCUT2D eigenvalue weighted by Crippen LogP contribution is 2.42. The molecule has 0 aromatic heterocycles. The minimum atomic E-state index is -1.11. The van der Waals surface area contributed by atoms with Crippen LogP contribution in [-0.4, -0.2) is 41.4 Å². The standard InChI is InChI=1S/C22H28FNO2/c23-21-10-8-19(9-11-21)22(26,18-6-2-1-3-7-18)20-12-15-24(16-13-20)14-4-5-17-25/h1-3,6-11,20,25-26H,4-5,12-17H2/i23-1. The van der Waals surface area contributed by atoms with Crippen LogP contribution in [-0.2, 0) is 5.60 Å². The third-order valence-corrected chi connectivity index (χ3v) is 5.56. The number of benzene rings is 2. The fourth-order valence-corrected chi connectivity index (χ4v) is 4.06. The predicted octanol–water partition coefficient (Wildman–Crippen LogP) is 3.55. The van der Waals surface area contributed by atoms with Crippen LogP contribution in [0, 0.1) is 11.7 Å². The van der Waals surface area contributed by atoms with Crippen molar-refractivity contribution in [1.82, 2.24) is 4.90 Å². The van der Waals surface area contributed by atoms with Crippen LogP contribution in [0.2, 0.25) is 0 Å². The number of hydrogen-bond acceptors (Lipinski definition) is 3. The Labute approximate surface area is 155 Å². The number of aliphatic hydroxyl groups is 2. The molecule has 3 rings (SSSR count). The van der Waals surface area contributed by atoms with E-state index >= 15 is 0 Å². The van der Waals surface area contributed by atoms with Gasteiger partial charge < -0.3 is 15.1 Å². The van der Waals surface area contributed by atoms with Gasteiger partial charge in [0.2, 0.25) is 0 Å². The van der Waals surface area contributed by atoms with E-state index < -0.39 is 5.60 Å². The van der Waals surface area contributed by atoms with Gasteiger partial charge in [-0.2, -0.15) is 0 Å². The number of rotatable bonds is 7. The van der Waals surface area contributed by atoms with Crippen molar-refractivity contribution in [2.45, 2.75) is 31.3 Å². The van der Waals surface area contributed by atoms with E-state index in [9.17, 15) is 9.50 Å². The summed E-state index contributed by atoms with van der Waals surface area (Å²) in [5.74, 6) is -0.202. The second-order valence-electron chi connectivity index (χ2n) is 7.19. The maximum absolute atomic E-state index is 13.4. The van der Waals surface area contributed by atoms with E-state index in [4.69, 9.17) is 5.11 Å². The lowest BCUT2D eigenvalue weighted by atomic mass is 9.72. The summed E-state index contributed by atoms with van der Waals surface area (Å²) in [6.45, 7) is 3.11. The second kappa shape index (κ2) is 8.76. The molecule has 1 aliphatic rings. The Morgan fingerprint density at radius 3 is 2.15 bits per heavy atom. The van der Waals surface area contributed by atoms with Crippen LogP contribution in [0.15, 0.2) is 54.6 Å². The van der Waals surface area contributed by atoms with Crippen molar-refractivity contribution in [3.63, 3.8) is 0 Å². The normalized spacial score (nSPS) is 18.6. The molecule has 3 nitrogen and oxygen atoms in total. The van der Waals surface area contributed by atoms with E-state index in [-0.39, 0.29) is 18.3 Å². The molecule has 1 fully saturated rings. The molecule has 4 heteroatoms. The Bertz CT molecular complexity index is 668. The van der Waals surface area contributed by atoms with Gasteiger partial charge in [-0.3, -0.25) is 0 Å². The molecule has 1 unspecified atom stereocenters. The van der Waals surface area contributed by atoms with Crippen LogP contribution in [0.4, 0.5) is 4.39 Å². The number of likely N-dealkylation sites (tertiary alicyclic amines) is 1. The highest BCUT2D eigenvalue weighted by molar-refractivity contribution is 5.37. The molecule has 0 aliphatic carbocycles. The average molecular weight is 356 g/mol. The first-order chi connectivity index (χ1) is 12.6. The summed E-state index contributed by atoms with van der Waals surface area (Å²) < 4.78 is 13.4. The molecule has 0 radical (unpaired) electrons. The van der Waals surface area contributed by atoms with Crippen LogP contribution < -0.4 is 0 Å². The number of unbranched alkanes of at least 4 members (excludes halogenated alkanes) is 1. The Morgan fingerprint density at radius 1 is 0.923 bits per heavy atom. The minimum Gasteiger partial charge on any atom is -0.396 e. The van der Waals surface area contributed by atoms with Crippen LogP contribution >= 0.6 is 0 Å². The van der Waals surface area contributed by atoms with Gasteiger partial charge in [-0.25, -0.2) is 4.39 Å². The summed E-state index contributed by atoms with van der Waals surface area (Å²) in [5, 5.41) is 20.7. The lowest BCUT2D eigenvalue weighted by molar-refractivity contribution is -0.0144. The quantitative estimate of drug-likeness (QED) is 0.746. The molecular weight excluding hydrogens is 328 g/mol. The first-order valence-corrected chi connectivity index (χ1v) is 9.51. The third-order valence-electron chi connectivity index (χ3n) is 5.56. The molecule has 1 atom stereocenters. The van der Waals surface area contributed by atoms with Crippen molar-refractivity contribution < 1.29 is 14.6 Å². The first kappa shape index (κ1) is 19.0. The number of halogens is 1. The van der Waals surface area contributed by atoms with Gasteiger partial charge in [0, 0.05) is 6.61 Å². The van der Waals surface area contributed by atoms with Crippen molar-refractivity contribution >= 4 is 0 Å². The Balaban J connectivity index is 1.80. The summed E-state index contributed by atoms with van der Waals surface area (Å²) in [6, 6.07) is 16.0. The minimum absolute atomic E-state index is 0.0875. The van der Waals surface area contributed by atoms with Gasteiger partial charge >= 0.3 is 0 Å². The van der Waals surface area contributed by atoms with E-state index in [1.807, 2.05) is 30.3 Å². The lowest BCUT2D eigenvalue weighted by Gasteiger charge is -2.42. The van der Waals surface area contributed by atoms with Crippen molar-refractivity contribution in [3.05, 3.63) is 71.5 Å². The molecule has 2 aromatic rings. The van der Waals surface area contributed by atoms with Crippen molar-refractivity contribution in [2.24, 2.45) is 5.92 Å². The molecule has 0 amide bonds. The zero-order valence-electron chi connectivity index (χ0n) is 15.1. The van der Waals surface area contributed by atoms with E-state index in [0.717, 1.165) is 56.4 Å². The van der Waals surface area contributed by atoms with Gasteiger partial charge in [-0.15, -0.1) is 0 Å². The molecule has 1 aliphatic heterocycles. The average Bonchev–Trinajstić information content (AvgIpc) is 2.69. The van der Waals surface area contributed by atoms with Gasteiger partial charge in [0.15, 0.2) is 0 Å². The molecule has 1 heterocycles. The van der Waals surface area contributed by atoms with Gasteiger partial charge in [0.1, 0.15) is 11.4 Å². The second-order valence-corrected chi connectivity index (χ2v) is 7.19. The monoisotopic (exact) mass is 356 g/mol. The Morgan fingerprint density at radius 2 is 1.54 bits per heavy atom. The summed E-state index contributed by atoms with van der Waals surface area (Å²) in [4.78, 5) is 2.40. The van der Waals surface area contributed by atoms with Crippen molar-refractivity contribution in [1.29, 1.82) is 0 Å². The Hall–Kier alpha value is -1.75. The van der Waals surface area contributed by atoms with Gasteiger partial charge in [0.25, 0.3) is 0 Å². The highest BCUT2D eigenvalue weighted by atomic mass is 18.2. The van der Waals surface area contributed by atoms with Crippen LogP contribution in [0.3, 0.4) is 0 Å². The molecule has 1 saturated heterocycles. The fraction of sp³-hybridized carbons (Fsp3) is 0.455. The predicted molar refractivity (Wildman–Crippen MR) is 101 cm³/mol. The molecule has 2 aromatic carbocycles. The number of aliphatic hydroxyl groups excluding tert-OH is 1. The molecule has 140 valence electrons. The number of nitrogens with zero attached hydrogens (tertiary/aromatic N) is 1. The van der Waals surface area contributed by atoms with E-state index in [1.54, 1.807) is 12.1 Å². The lowest BCUT2D eigenvalue weighted by Crippen LogP contribution is -2.44. The maximum atomic E-state index is 13.4. The summed E-state index contributed by atoms with van der Waals surface area (Å²) in [6.07, 6.45) is 3.62. The number of hydrogen-bond donors (Lipinski definition) is 2. The van der Waals surface area contributed by atoms with Crippen molar-refractivity contribution in [2.75, 3.05) is 26.2 Å². The smallest absolute Gasteiger partial charge is 0.123 e. The molecule has 0 bridgehead atoms. The molecule has 2 N–H and O–H groups in total. The van der Waals surface area contributed by atoms with E-state index in [0.29, 0.717) is 0 Å². The first-order valence-electron chi connectivity index (χ1n) is 9.51. The molecular formula is C22H28FNO2. The van der Waals surface area contributed by atoms with Gasteiger partial charge in [-0.1, -0.05) is 42.5 Å². The zero-order valence-corrected chi connectivity index (χ0v) is 15.1.